The van der Waals surface area contributed by atoms with Gasteiger partial charge in [-0.3, -0.25) is 0 Å². The number of fused-ring (bicyclic) bond motifs is 1. The molecule has 1 aromatic rings. The van der Waals surface area contributed by atoms with E-state index in [-0.39, 0.29) is 24.0 Å². The molecule has 0 bridgehead atoms. The van der Waals surface area contributed by atoms with E-state index in [1.165, 1.54) is 0 Å². The second-order valence-electron chi connectivity index (χ2n) is 6.59. The van der Waals surface area contributed by atoms with E-state index in [4.69, 9.17) is 25.8 Å². The lowest BCUT2D eigenvalue weighted by molar-refractivity contribution is 0.0675. The van der Waals surface area contributed by atoms with Crippen molar-refractivity contribution in [3.8, 4) is 11.5 Å². The first-order valence-electron chi connectivity index (χ1n) is 9.44. The molecular weight excluding hydrogens is 481 g/mol. The summed E-state index contributed by atoms with van der Waals surface area (Å²) in [5.41, 5.74) is 1.00. The molecule has 0 spiro atoms. The number of guanidine groups is 1. The molecule has 152 valence electrons. The maximum atomic E-state index is 6.36. The smallest absolute Gasteiger partial charge is 0.191 e. The van der Waals surface area contributed by atoms with Gasteiger partial charge < -0.3 is 24.8 Å². The standard InChI is InChI=1S/C19H28ClN3O3.HI/c1-2-21-19(22-12-14-4-8-24-9-5-14)23-13-15-10-16(20)18-17(11-15)25-6-3-7-26-18;/h10-11,14H,2-9,12-13H2,1H3,(H2,21,22,23);1H. The van der Waals surface area contributed by atoms with Gasteiger partial charge in [-0.25, -0.2) is 4.99 Å². The van der Waals surface area contributed by atoms with Gasteiger partial charge in [0.15, 0.2) is 17.5 Å². The Labute approximate surface area is 183 Å². The lowest BCUT2D eigenvalue weighted by Gasteiger charge is -2.23. The first-order valence-corrected chi connectivity index (χ1v) is 9.82. The van der Waals surface area contributed by atoms with Crippen LogP contribution in [0.5, 0.6) is 11.5 Å². The molecular formula is C19H29ClIN3O3. The van der Waals surface area contributed by atoms with E-state index in [1.54, 1.807) is 0 Å². The fourth-order valence-electron chi connectivity index (χ4n) is 3.08. The van der Waals surface area contributed by atoms with E-state index in [1.807, 2.05) is 12.1 Å². The van der Waals surface area contributed by atoms with Gasteiger partial charge in [-0.15, -0.1) is 24.0 Å². The third-order valence-corrected chi connectivity index (χ3v) is 4.81. The highest BCUT2D eigenvalue weighted by Crippen LogP contribution is 2.38. The summed E-state index contributed by atoms with van der Waals surface area (Å²) in [6.07, 6.45) is 3.06. The molecule has 1 aromatic carbocycles. The summed E-state index contributed by atoms with van der Waals surface area (Å²) in [6.45, 7) is 7.32. The van der Waals surface area contributed by atoms with Gasteiger partial charge in [-0.05, 0) is 43.4 Å². The minimum absolute atomic E-state index is 0. The normalized spacial score (nSPS) is 17.6. The van der Waals surface area contributed by atoms with Gasteiger partial charge in [0.05, 0.1) is 24.8 Å². The molecule has 2 heterocycles. The Bertz CT molecular complexity index is 624. The van der Waals surface area contributed by atoms with Crippen LogP contribution < -0.4 is 20.1 Å². The molecule has 6 nitrogen and oxygen atoms in total. The average Bonchev–Trinajstić information content (AvgIpc) is 2.91. The zero-order valence-electron chi connectivity index (χ0n) is 15.8. The lowest BCUT2D eigenvalue weighted by Crippen LogP contribution is -2.40. The molecule has 0 unspecified atom stereocenters. The van der Waals surface area contributed by atoms with Gasteiger partial charge in [-0.1, -0.05) is 11.6 Å². The number of benzene rings is 1. The van der Waals surface area contributed by atoms with Crippen molar-refractivity contribution in [3.63, 3.8) is 0 Å². The van der Waals surface area contributed by atoms with Gasteiger partial charge in [-0.2, -0.15) is 0 Å². The van der Waals surface area contributed by atoms with Crippen molar-refractivity contribution in [2.45, 2.75) is 32.7 Å². The molecule has 0 aliphatic carbocycles. The van der Waals surface area contributed by atoms with Crippen LogP contribution in [0.1, 0.15) is 31.7 Å². The van der Waals surface area contributed by atoms with Crippen LogP contribution in [0.2, 0.25) is 5.02 Å². The van der Waals surface area contributed by atoms with Crippen molar-refractivity contribution in [1.29, 1.82) is 0 Å². The molecule has 1 fully saturated rings. The zero-order chi connectivity index (χ0) is 18.2. The van der Waals surface area contributed by atoms with Crippen molar-refractivity contribution in [1.82, 2.24) is 10.6 Å². The second-order valence-corrected chi connectivity index (χ2v) is 6.99. The van der Waals surface area contributed by atoms with Crippen molar-refractivity contribution >= 4 is 41.5 Å². The molecule has 27 heavy (non-hydrogen) atoms. The number of ether oxygens (including phenoxy) is 3. The van der Waals surface area contributed by atoms with Crippen molar-refractivity contribution in [3.05, 3.63) is 22.7 Å². The topological polar surface area (TPSA) is 64.1 Å². The SMILES string of the molecule is CCNC(=NCc1cc(Cl)c2c(c1)OCCCO2)NCC1CCOCC1.I. The van der Waals surface area contributed by atoms with Crippen LogP contribution in [0.4, 0.5) is 0 Å². The molecule has 0 saturated carbocycles. The number of hydrogen-bond donors (Lipinski definition) is 2. The largest absolute Gasteiger partial charge is 0.489 e. The first-order chi connectivity index (χ1) is 12.8. The summed E-state index contributed by atoms with van der Waals surface area (Å²) >= 11 is 6.36. The Morgan fingerprint density at radius 3 is 2.70 bits per heavy atom. The molecule has 0 radical (unpaired) electrons. The van der Waals surface area contributed by atoms with E-state index in [0.717, 1.165) is 57.1 Å². The molecule has 2 N–H and O–H groups in total. The van der Waals surface area contributed by atoms with E-state index >= 15 is 0 Å². The van der Waals surface area contributed by atoms with Gasteiger partial charge in [0.1, 0.15) is 0 Å². The maximum absolute atomic E-state index is 6.36. The molecule has 0 amide bonds. The molecule has 1 saturated heterocycles. The molecule has 8 heteroatoms. The summed E-state index contributed by atoms with van der Waals surface area (Å²) < 4.78 is 16.8. The molecule has 0 atom stereocenters. The molecule has 0 aromatic heterocycles. The fourth-order valence-corrected chi connectivity index (χ4v) is 3.37. The van der Waals surface area contributed by atoms with Crippen molar-refractivity contribution in [2.75, 3.05) is 39.5 Å². The Morgan fingerprint density at radius 1 is 1.15 bits per heavy atom. The minimum atomic E-state index is 0. The summed E-state index contributed by atoms with van der Waals surface area (Å²) in [4.78, 5) is 4.69. The molecule has 2 aliphatic rings. The second kappa shape index (κ2) is 11.8. The van der Waals surface area contributed by atoms with Crippen LogP contribution in [-0.2, 0) is 11.3 Å². The highest BCUT2D eigenvalue weighted by molar-refractivity contribution is 14.0. The van der Waals surface area contributed by atoms with E-state index in [0.29, 0.717) is 42.2 Å². The Kier molecular flexibility index (Phi) is 9.78. The zero-order valence-corrected chi connectivity index (χ0v) is 18.8. The third kappa shape index (κ3) is 6.87. The van der Waals surface area contributed by atoms with Crippen LogP contribution in [-0.4, -0.2) is 45.5 Å². The summed E-state index contributed by atoms with van der Waals surface area (Å²) in [6, 6.07) is 3.87. The van der Waals surface area contributed by atoms with E-state index in [9.17, 15) is 0 Å². The monoisotopic (exact) mass is 509 g/mol. The quantitative estimate of drug-likeness (QED) is 0.361. The Hall–Kier alpha value is -0.930. The number of aliphatic imine (C=N–C) groups is 1. The molecule has 2 aliphatic heterocycles. The number of rotatable bonds is 5. The summed E-state index contributed by atoms with van der Waals surface area (Å²) in [7, 11) is 0. The average molecular weight is 510 g/mol. The van der Waals surface area contributed by atoms with Crippen molar-refractivity contribution < 1.29 is 14.2 Å². The maximum Gasteiger partial charge on any atom is 0.191 e. The van der Waals surface area contributed by atoms with E-state index < -0.39 is 0 Å². The third-order valence-electron chi connectivity index (χ3n) is 4.52. The van der Waals surface area contributed by atoms with Gasteiger partial charge in [0.2, 0.25) is 0 Å². The van der Waals surface area contributed by atoms with Gasteiger partial charge in [0, 0.05) is 32.7 Å². The van der Waals surface area contributed by atoms with Gasteiger partial charge in [0.25, 0.3) is 0 Å². The number of hydrogen-bond acceptors (Lipinski definition) is 4. The highest BCUT2D eigenvalue weighted by Gasteiger charge is 2.16. The molecule has 3 rings (SSSR count). The first kappa shape index (κ1) is 22.4. The van der Waals surface area contributed by atoms with Crippen LogP contribution in [0, 0.1) is 5.92 Å². The number of nitrogens with zero attached hydrogens (tertiary/aromatic N) is 1. The van der Waals surface area contributed by atoms with Crippen LogP contribution in [0.15, 0.2) is 17.1 Å². The summed E-state index contributed by atoms with van der Waals surface area (Å²) in [5, 5.41) is 7.32. The fraction of sp³-hybridized carbons (Fsp3) is 0.632. The number of halogens is 2. The van der Waals surface area contributed by atoms with Crippen LogP contribution >= 0.6 is 35.6 Å². The minimum Gasteiger partial charge on any atom is -0.489 e. The Balaban J connectivity index is 0.00000261. The van der Waals surface area contributed by atoms with Gasteiger partial charge >= 0.3 is 0 Å². The van der Waals surface area contributed by atoms with Crippen LogP contribution in [0.3, 0.4) is 0 Å². The lowest BCUT2D eigenvalue weighted by atomic mass is 10.0. The van der Waals surface area contributed by atoms with Crippen molar-refractivity contribution in [2.24, 2.45) is 10.9 Å². The van der Waals surface area contributed by atoms with E-state index in [2.05, 4.69) is 22.5 Å². The van der Waals surface area contributed by atoms with Crippen LogP contribution in [0.25, 0.3) is 0 Å². The highest BCUT2D eigenvalue weighted by atomic mass is 127. The summed E-state index contributed by atoms with van der Waals surface area (Å²) in [5.74, 6) is 2.81. The predicted octanol–water partition coefficient (Wildman–Crippen LogP) is 3.60. The Morgan fingerprint density at radius 2 is 1.93 bits per heavy atom. The predicted molar refractivity (Wildman–Crippen MR) is 119 cm³/mol. The number of nitrogens with one attached hydrogen (secondary N) is 2.